The molecule has 0 saturated heterocycles. The Balaban J connectivity index is 2.15. The van der Waals surface area contributed by atoms with Gasteiger partial charge in [-0.15, -0.1) is 0 Å². The zero-order valence-corrected chi connectivity index (χ0v) is 16.8. The summed E-state index contributed by atoms with van der Waals surface area (Å²) in [5.41, 5.74) is 1.37. The Bertz CT molecular complexity index is 721. The number of aryl methyl sites for hydroxylation is 1. The lowest BCUT2D eigenvalue weighted by atomic mass is 10.2. The van der Waals surface area contributed by atoms with Crippen LogP contribution in [0.2, 0.25) is 0 Å². The zero-order valence-electron chi connectivity index (χ0n) is 15.9. The Morgan fingerprint density at radius 3 is 1.27 bits per heavy atom. The molecule has 3 rings (SSSR count). The first-order valence-electron chi connectivity index (χ1n) is 8.87. The lowest BCUT2D eigenvalue weighted by molar-refractivity contribution is 0.415. The summed E-state index contributed by atoms with van der Waals surface area (Å²) in [5.74, 6) is 1.77. The Labute approximate surface area is 157 Å². The maximum Gasteiger partial charge on any atom is 0.119 e. The molecule has 0 N–H and O–H groups in total. The van der Waals surface area contributed by atoms with E-state index in [4.69, 9.17) is 9.47 Å². The molecule has 26 heavy (non-hydrogen) atoms. The summed E-state index contributed by atoms with van der Waals surface area (Å²) in [5, 5.41) is 4.06. The first-order chi connectivity index (χ1) is 12.6. The lowest BCUT2D eigenvalue weighted by Crippen LogP contribution is -2.30. The van der Waals surface area contributed by atoms with Crippen LogP contribution in [0.25, 0.3) is 0 Å². The highest BCUT2D eigenvalue weighted by molar-refractivity contribution is 7.95. The fourth-order valence-electron chi connectivity index (χ4n) is 3.24. The Morgan fingerprint density at radius 2 is 0.962 bits per heavy atom. The van der Waals surface area contributed by atoms with Crippen molar-refractivity contribution in [3.8, 4) is 11.5 Å². The van der Waals surface area contributed by atoms with Crippen molar-refractivity contribution in [3.05, 3.63) is 78.4 Å². The van der Waals surface area contributed by atoms with E-state index < -0.39 is 7.26 Å². The molecule has 0 atom stereocenters. The molecule has 134 valence electrons. The third-order valence-electron chi connectivity index (χ3n) is 5.04. The van der Waals surface area contributed by atoms with Crippen molar-refractivity contribution in [3.63, 3.8) is 0 Å². The molecular weight excluding hydrogens is 339 g/mol. The monoisotopic (exact) mass is 365 g/mol. The van der Waals surface area contributed by atoms with Gasteiger partial charge in [0.2, 0.25) is 0 Å². The fraction of sp³-hybridized carbons (Fsp3) is 0.217. The quantitative estimate of drug-likeness (QED) is 0.610. The van der Waals surface area contributed by atoms with Crippen LogP contribution in [-0.4, -0.2) is 20.9 Å². The fourth-order valence-corrected chi connectivity index (χ4v) is 6.37. The topological polar surface area (TPSA) is 18.5 Å². The number of benzene rings is 3. The van der Waals surface area contributed by atoms with Crippen LogP contribution in [0.5, 0.6) is 11.5 Å². The second-order valence-electron chi connectivity index (χ2n) is 6.42. The highest BCUT2D eigenvalue weighted by Crippen LogP contribution is 2.51. The Morgan fingerprint density at radius 1 is 0.615 bits per heavy atom. The molecule has 0 spiro atoms. The molecule has 3 aromatic rings. The van der Waals surface area contributed by atoms with Gasteiger partial charge in [-0.1, -0.05) is 19.1 Å². The summed E-state index contributed by atoms with van der Waals surface area (Å²) >= 11 is 0. The SMILES string of the molecule is CCc1ccc([P+](C)(c2ccc(OC)cc2)c2ccc(OC)cc2)cc1. The molecule has 0 bridgehead atoms. The van der Waals surface area contributed by atoms with Crippen LogP contribution in [0.4, 0.5) is 0 Å². The van der Waals surface area contributed by atoms with Gasteiger partial charge >= 0.3 is 0 Å². The van der Waals surface area contributed by atoms with Crippen LogP contribution in [0.15, 0.2) is 72.8 Å². The van der Waals surface area contributed by atoms with E-state index in [1.54, 1.807) is 14.2 Å². The van der Waals surface area contributed by atoms with Gasteiger partial charge in [0.1, 0.15) is 34.7 Å². The van der Waals surface area contributed by atoms with Crippen molar-refractivity contribution in [1.29, 1.82) is 0 Å². The smallest absolute Gasteiger partial charge is 0.119 e. The molecule has 0 fully saturated rings. The van der Waals surface area contributed by atoms with Gasteiger partial charge in [0.05, 0.1) is 20.9 Å². The molecule has 0 amide bonds. The first kappa shape index (κ1) is 18.5. The van der Waals surface area contributed by atoms with Crippen LogP contribution < -0.4 is 25.4 Å². The molecule has 0 radical (unpaired) electrons. The molecule has 0 saturated carbocycles. The minimum atomic E-state index is -1.73. The molecule has 2 nitrogen and oxygen atoms in total. The minimum Gasteiger partial charge on any atom is -0.497 e. The van der Waals surface area contributed by atoms with E-state index in [9.17, 15) is 0 Å². The molecule has 0 aliphatic rings. The van der Waals surface area contributed by atoms with Crippen molar-refractivity contribution in [2.75, 3.05) is 20.9 Å². The van der Waals surface area contributed by atoms with E-state index >= 15 is 0 Å². The summed E-state index contributed by atoms with van der Waals surface area (Å²) in [6.07, 6.45) is 1.06. The van der Waals surface area contributed by atoms with Gasteiger partial charge in [0.15, 0.2) is 0 Å². The molecule has 0 unspecified atom stereocenters. The Hall–Kier alpha value is -2.31. The van der Waals surface area contributed by atoms with E-state index in [0.717, 1.165) is 17.9 Å². The van der Waals surface area contributed by atoms with Crippen LogP contribution in [0, 0.1) is 0 Å². The third-order valence-corrected chi connectivity index (χ3v) is 9.03. The number of methoxy groups -OCH3 is 2. The number of hydrogen-bond acceptors (Lipinski definition) is 2. The number of ether oxygens (including phenoxy) is 2. The van der Waals surface area contributed by atoms with E-state index in [1.807, 2.05) is 0 Å². The van der Waals surface area contributed by atoms with Gasteiger partial charge in [-0.05, 0) is 72.6 Å². The van der Waals surface area contributed by atoms with Crippen molar-refractivity contribution in [1.82, 2.24) is 0 Å². The van der Waals surface area contributed by atoms with Crippen LogP contribution in [-0.2, 0) is 6.42 Å². The van der Waals surface area contributed by atoms with Gasteiger partial charge in [0, 0.05) is 0 Å². The summed E-state index contributed by atoms with van der Waals surface area (Å²) < 4.78 is 10.7. The van der Waals surface area contributed by atoms with E-state index in [-0.39, 0.29) is 0 Å². The predicted octanol–water partition coefficient (Wildman–Crippen LogP) is 4.19. The highest BCUT2D eigenvalue weighted by Gasteiger charge is 2.40. The van der Waals surface area contributed by atoms with Crippen LogP contribution in [0.1, 0.15) is 12.5 Å². The van der Waals surface area contributed by atoms with Crippen molar-refractivity contribution >= 4 is 23.2 Å². The first-order valence-corrected chi connectivity index (χ1v) is 11.1. The lowest BCUT2D eigenvalue weighted by Gasteiger charge is -2.23. The zero-order chi connectivity index (χ0) is 18.6. The van der Waals surface area contributed by atoms with E-state index in [2.05, 4.69) is 86.4 Å². The normalized spacial score (nSPS) is 11.2. The maximum atomic E-state index is 5.35. The molecule has 0 heterocycles. The average Bonchev–Trinajstić information content (AvgIpc) is 2.73. The summed E-state index contributed by atoms with van der Waals surface area (Å²) in [6.45, 7) is 4.58. The molecular formula is C23H26O2P+. The average molecular weight is 365 g/mol. The minimum absolute atomic E-state index is 0.886. The third kappa shape index (κ3) is 3.48. The maximum absolute atomic E-state index is 5.35. The standard InChI is InChI=1S/C23H26O2P/c1-5-18-6-12-21(13-7-18)26(4,22-14-8-19(24-2)9-15-22)23-16-10-20(25-3)11-17-23/h6-17H,5H2,1-4H3/q+1. The van der Waals surface area contributed by atoms with Crippen LogP contribution in [0.3, 0.4) is 0 Å². The van der Waals surface area contributed by atoms with Gasteiger partial charge in [0.25, 0.3) is 0 Å². The summed E-state index contributed by atoms with van der Waals surface area (Å²) in [6, 6.07) is 26.1. The molecule has 3 aromatic carbocycles. The van der Waals surface area contributed by atoms with Gasteiger partial charge in [-0.25, -0.2) is 0 Å². The highest BCUT2D eigenvalue weighted by atomic mass is 31.2. The molecule has 0 aliphatic heterocycles. The number of rotatable bonds is 6. The number of hydrogen-bond donors (Lipinski definition) is 0. The largest absolute Gasteiger partial charge is 0.497 e. The van der Waals surface area contributed by atoms with Crippen molar-refractivity contribution in [2.45, 2.75) is 13.3 Å². The Kier molecular flexibility index (Phi) is 5.64. The second kappa shape index (κ2) is 7.93. The molecule has 0 aliphatic carbocycles. The summed E-state index contributed by atoms with van der Waals surface area (Å²) in [4.78, 5) is 0. The van der Waals surface area contributed by atoms with Gasteiger partial charge < -0.3 is 9.47 Å². The van der Waals surface area contributed by atoms with Gasteiger partial charge in [-0.3, -0.25) is 0 Å². The van der Waals surface area contributed by atoms with E-state index in [0.29, 0.717) is 0 Å². The van der Waals surface area contributed by atoms with Crippen molar-refractivity contribution < 1.29 is 9.47 Å². The van der Waals surface area contributed by atoms with E-state index in [1.165, 1.54) is 21.5 Å². The predicted molar refractivity (Wildman–Crippen MR) is 114 cm³/mol. The van der Waals surface area contributed by atoms with Gasteiger partial charge in [-0.2, -0.15) is 0 Å². The second-order valence-corrected chi connectivity index (χ2v) is 9.98. The summed E-state index contributed by atoms with van der Waals surface area (Å²) in [7, 11) is 1.68. The van der Waals surface area contributed by atoms with Crippen LogP contribution >= 0.6 is 7.26 Å². The molecule has 3 heteroatoms. The van der Waals surface area contributed by atoms with Crippen molar-refractivity contribution in [2.24, 2.45) is 0 Å². The molecule has 0 aromatic heterocycles.